The minimum absolute atomic E-state index is 0.0228. The van der Waals surface area contributed by atoms with Crippen molar-refractivity contribution in [1.82, 2.24) is 4.57 Å². The van der Waals surface area contributed by atoms with Crippen LogP contribution in [0.5, 0.6) is 11.5 Å². The van der Waals surface area contributed by atoms with E-state index in [0.717, 1.165) is 11.5 Å². The predicted octanol–water partition coefficient (Wildman–Crippen LogP) is 10.5. The molecule has 0 spiro atoms. The number of hydrogen-bond acceptors (Lipinski definition) is 1. The monoisotopic (exact) mass is 649 g/mol. The van der Waals surface area contributed by atoms with Crippen molar-refractivity contribution in [3.8, 4) is 39.4 Å². The summed E-state index contributed by atoms with van der Waals surface area (Å²) in [6.07, 6.45) is 0. The average Bonchev–Trinajstić information content (AvgIpc) is 3.35. The number of benzene rings is 6. The van der Waals surface area contributed by atoms with Gasteiger partial charge in [0.25, 0.3) is 6.71 Å². The first-order valence-corrected chi connectivity index (χ1v) is 18.0. The molecule has 0 saturated carbocycles. The van der Waals surface area contributed by atoms with Crippen molar-refractivity contribution in [1.29, 1.82) is 0 Å². The lowest BCUT2D eigenvalue weighted by molar-refractivity contribution is 0.482. The number of aryl methyl sites for hydroxylation is 7. The fourth-order valence-electron chi connectivity index (χ4n) is 9.45. The van der Waals surface area contributed by atoms with Gasteiger partial charge in [0, 0.05) is 22.0 Å². The predicted molar refractivity (Wildman–Crippen MR) is 215 cm³/mol. The summed E-state index contributed by atoms with van der Waals surface area (Å²) in [6.45, 7) is 22.5. The molecule has 3 heteroatoms. The Morgan fingerprint density at radius 1 is 0.540 bits per heavy atom. The molecule has 0 N–H and O–H groups in total. The van der Waals surface area contributed by atoms with Crippen molar-refractivity contribution in [2.24, 2.45) is 0 Å². The SMILES string of the molecule is Cc1cc(C)c(-c2ccc3c(c2)c2cc(-c4c(C)cc(C)cc4C)cc4c2n3-c2cc(C)cc3c2B4c2ccc(C(C)(C)C)cc2O3)c(C)c1. The number of fused-ring (bicyclic) bond motifs is 7. The van der Waals surface area contributed by atoms with Gasteiger partial charge in [0.1, 0.15) is 11.5 Å². The summed E-state index contributed by atoms with van der Waals surface area (Å²) in [4.78, 5) is 0. The molecule has 50 heavy (non-hydrogen) atoms. The number of hydrogen-bond donors (Lipinski definition) is 0. The van der Waals surface area contributed by atoms with E-state index in [-0.39, 0.29) is 12.1 Å². The van der Waals surface area contributed by atoms with Gasteiger partial charge in [0.05, 0.1) is 5.52 Å². The molecule has 0 aliphatic carbocycles. The van der Waals surface area contributed by atoms with Crippen LogP contribution in [0.15, 0.2) is 84.9 Å². The van der Waals surface area contributed by atoms with Gasteiger partial charge in [0.15, 0.2) is 0 Å². The van der Waals surface area contributed by atoms with Crippen LogP contribution in [0.1, 0.15) is 65.3 Å². The highest BCUT2D eigenvalue weighted by atomic mass is 16.5. The summed E-state index contributed by atoms with van der Waals surface area (Å²) in [5, 5.41) is 2.60. The van der Waals surface area contributed by atoms with E-state index >= 15 is 0 Å². The van der Waals surface area contributed by atoms with Crippen LogP contribution < -0.4 is 21.1 Å². The summed E-state index contributed by atoms with van der Waals surface area (Å²) >= 11 is 0. The summed E-state index contributed by atoms with van der Waals surface area (Å²) in [7, 11) is 0. The van der Waals surface area contributed by atoms with Gasteiger partial charge in [-0.3, -0.25) is 0 Å². The van der Waals surface area contributed by atoms with Crippen LogP contribution in [0.3, 0.4) is 0 Å². The third-order valence-electron chi connectivity index (χ3n) is 11.3. The lowest BCUT2D eigenvalue weighted by atomic mass is 9.34. The lowest BCUT2D eigenvalue weighted by Crippen LogP contribution is -2.58. The van der Waals surface area contributed by atoms with E-state index in [1.165, 1.54) is 111 Å². The van der Waals surface area contributed by atoms with Crippen molar-refractivity contribution in [2.45, 2.75) is 74.7 Å². The van der Waals surface area contributed by atoms with E-state index < -0.39 is 0 Å². The molecule has 0 atom stereocenters. The highest BCUT2D eigenvalue weighted by Gasteiger charge is 2.41. The molecule has 246 valence electrons. The zero-order valence-corrected chi connectivity index (χ0v) is 31.0. The second kappa shape index (κ2) is 10.5. The van der Waals surface area contributed by atoms with Crippen LogP contribution in [-0.2, 0) is 5.41 Å². The number of aromatic nitrogens is 1. The Morgan fingerprint density at radius 2 is 1.14 bits per heavy atom. The van der Waals surface area contributed by atoms with Crippen LogP contribution in [0.4, 0.5) is 0 Å². The molecule has 2 nitrogen and oxygen atoms in total. The maximum absolute atomic E-state index is 6.91. The molecule has 3 heterocycles. The minimum Gasteiger partial charge on any atom is -0.458 e. The van der Waals surface area contributed by atoms with Gasteiger partial charge >= 0.3 is 0 Å². The van der Waals surface area contributed by atoms with E-state index in [2.05, 4.69) is 159 Å². The quantitative estimate of drug-likeness (QED) is 0.170. The van der Waals surface area contributed by atoms with Crippen LogP contribution >= 0.6 is 0 Å². The lowest BCUT2D eigenvalue weighted by Gasteiger charge is -2.34. The molecular weight excluding hydrogens is 605 g/mol. The first-order chi connectivity index (χ1) is 23.8. The Labute approximate surface area is 296 Å². The van der Waals surface area contributed by atoms with Crippen molar-refractivity contribution in [3.63, 3.8) is 0 Å². The summed E-state index contributed by atoms with van der Waals surface area (Å²) in [6, 6.07) is 33.0. The molecule has 1 aromatic heterocycles. The van der Waals surface area contributed by atoms with Gasteiger partial charge in [-0.25, -0.2) is 0 Å². The van der Waals surface area contributed by atoms with Crippen LogP contribution in [-0.4, -0.2) is 11.3 Å². The highest BCUT2D eigenvalue weighted by Crippen LogP contribution is 2.42. The van der Waals surface area contributed by atoms with Crippen molar-refractivity contribution in [3.05, 3.63) is 129 Å². The average molecular weight is 650 g/mol. The van der Waals surface area contributed by atoms with Gasteiger partial charge < -0.3 is 9.30 Å². The second-order valence-electron chi connectivity index (χ2n) is 16.3. The van der Waals surface area contributed by atoms with E-state index in [1.807, 2.05) is 0 Å². The van der Waals surface area contributed by atoms with Crippen molar-refractivity contribution in [2.75, 3.05) is 0 Å². The fraction of sp³-hybridized carbons (Fsp3) is 0.234. The molecule has 0 unspecified atom stereocenters. The molecule has 7 aromatic rings. The normalized spacial score (nSPS) is 13.1. The van der Waals surface area contributed by atoms with Gasteiger partial charge in [0.2, 0.25) is 0 Å². The second-order valence-corrected chi connectivity index (χ2v) is 16.3. The molecule has 0 amide bonds. The number of nitrogens with zero attached hydrogens (tertiary/aromatic N) is 1. The summed E-state index contributed by atoms with van der Waals surface area (Å²) in [5.74, 6) is 1.95. The fourth-order valence-corrected chi connectivity index (χ4v) is 9.45. The molecule has 0 fully saturated rings. The van der Waals surface area contributed by atoms with Crippen LogP contribution in [0.25, 0.3) is 49.7 Å². The van der Waals surface area contributed by atoms with Gasteiger partial charge in [-0.05, 0) is 162 Å². The zero-order valence-electron chi connectivity index (χ0n) is 31.0. The van der Waals surface area contributed by atoms with E-state index in [9.17, 15) is 0 Å². The van der Waals surface area contributed by atoms with Gasteiger partial charge in [-0.15, -0.1) is 0 Å². The van der Waals surface area contributed by atoms with Crippen LogP contribution in [0, 0.1) is 48.5 Å². The molecule has 9 rings (SSSR count). The maximum atomic E-state index is 6.91. The Kier molecular flexibility index (Phi) is 6.51. The first kappa shape index (κ1) is 31.0. The van der Waals surface area contributed by atoms with E-state index in [1.54, 1.807) is 0 Å². The Morgan fingerprint density at radius 3 is 1.78 bits per heavy atom. The minimum atomic E-state index is 0.0228. The molecule has 6 aromatic carbocycles. The molecule has 0 bridgehead atoms. The standard InChI is InChI=1S/C47H44BNO/c1-25-15-28(4)43(29(5)16-25)32-11-14-39-35(21-32)36-22-33(44-30(6)17-26(2)18-31(44)7)23-38-46(36)49(39)40-19-27(3)20-42-45(40)48(38)37-13-12-34(47(8,9)10)24-41(37)50-42/h11-24H,1-10H3. The van der Waals surface area contributed by atoms with Gasteiger partial charge in [-0.2, -0.15) is 0 Å². The molecule has 2 aliphatic rings. The van der Waals surface area contributed by atoms with Crippen molar-refractivity contribution < 1.29 is 4.74 Å². The Hall–Kier alpha value is -5.02. The third-order valence-corrected chi connectivity index (χ3v) is 11.3. The molecule has 0 saturated heterocycles. The maximum Gasteiger partial charge on any atom is 0.256 e. The summed E-state index contributed by atoms with van der Waals surface area (Å²) < 4.78 is 9.45. The molecule has 0 radical (unpaired) electrons. The Balaban J connectivity index is 1.43. The highest BCUT2D eigenvalue weighted by molar-refractivity contribution is 6.99. The third kappa shape index (κ3) is 4.42. The summed E-state index contributed by atoms with van der Waals surface area (Å²) in [5.41, 5.74) is 23.3. The molecule has 2 aliphatic heterocycles. The topological polar surface area (TPSA) is 14.2 Å². The smallest absolute Gasteiger partial charge is 0.256 e. The van der Waals surface area contributed by atoms with Crippen LogP contribution in [0.2, 0.25) is 0 Å². The largest absolute Gasteiger partial charge is 0.458 e. The molecular formula is C47H44BNO. The van der Waals surface area contributed by atoms with E-state index in [4.69, 9.17) is 4.74 Å². The Bertz CT molecular complexity index is 2580. The zero-order chi connectivity index (χ0) is 35.0. The number of ether oxygens (including phenoxy) is 1. The van der Waals surface area contributed by atoms with Gasteiger partial charge in [-0.1, -0.05) is 80.4 Å². The van der Waals surface area contributed by atoms with E-state index in [0.29, 0.717) is 0 Å². The first-order valence-electron chi connectivity index (χ1n) is 18.0. The number of rotatable bonds is 2. The van der Waals surface area contributed by atoms with Crippen molar-refractivity contribution >= 4 is 44.9 Å².